The summed E-state index contributed by atoms with van der Waals surface area (Å²) in [7, 11) is 0. The van der Waals surface area contributed by atoms with Crippen molar-refractivity contribution in [3.05, 3.63) is 48.3 Å². The molecule has 3 atom stereocenters. The van der Waals surface area contributed by atoms with Gasteiger partial charge in [0.05, 0.1) is 18.0 Å². The Labute approximate surface area is 147 Å². The molecule has 0 unspecified atom stereocenters. The van der Waals surface area contributed by atoms with Gasteiger partial charge in [-0.15, -0.1) is 0 Å². The molecule has 0 radical (unpaired) electrons. The highest BCUT2D eigenvalue weighted by molar-refractivity contribution is 5.74. The number of nitrogens with one attached hydrogen (secondary N) is 2. The van der Waals surface area contributed by atoms with Gasteiger partial charge in [0.1, 0.15) is 0 Å². The minimum atomic E-state index is -0.129. The number of hydrogen-bond donors (Lipinski definition) is 2. The van der Waals surface area contributed by atoms with Crippen molar-refractivity contribution in [3.63, 3.8) is 0 Å². The topological polar surface area (TPSA) is 68.2 Å². The molecule has 25 heavy (non-hydrogen) atoms. The van der Waals surface area contributed by atoms with E-state index in [4.69, 9.17) is 4.74 Å². The van der Waals surface area contributed by atoms with E-state index < -0.39 is 0 Å². The number of nitrogens with zero attached hydrogens (tertiary/aromatic N) is 2. The third kappa shape index (κ3) is 2.91. The van der Waals surface area contributed by atoms with Crippen molar-refractivity contribution in [3.8, 4) is 5.69 Å². The molecule has 1 aliphatic carbocycles. The third-order valence-electron chi connectivity index (χ3n) is 5.50. The van der Waals surface area contributed by atoms with Crippen LogP contribution >= 0.6 is 0 Å². The lowest BCUT2D eigenvalue weighted by molar-refractivity contribution is -0.108. The number of carbonyl (C=O) groups excluding carboxylic acids is 1. The van der Waals surface area contributed by atoms with Crippen molar-refractivity contribution in [2.75, 3.05) is 6.61 Å². The predicted molar refractivity (Wildman–Crippen MR) is 94.4 cm³/mol. The number of urea groups is 1. The summed E-state index contributed by atoms with van der Waals surface area (Å²) in [6.45, 7) is 5.58. The van der Waals surface area contributed by atoms with E-state index in [0.717, 1.165) is 24.3 Å². The standard InChI is InChI=1S/C19H24N4O2/c1-19(2)16(15-8-9-25-17(15)19)22-18(24)20-10-13-11-21-23(12-13)14-6-4-3-5-7-14/h3-7,11-12,15-17H,8-10H2,1-2H3,(H2,20,22,24)/t15-,16-,17-/m1/s1. The number of aromatic nitrogens is 2. The summed E-state index contributed by atoms with van der Waals surface area (Å²) in [5, 5.41) is 10.4. The van der Waals surface area contributed by atoms with Gasteiger partial charge in [-0.25, -0.2) is 9.48 Å². The highest BCUT2D eigenvalue weighted by Gasteiger charge is 2.59. The lowest BCUT2D eigenvalue weighted by Crippen LogP contribution is -2.67. The van der Waals surface area contributed by atoms with Crippen LogP contribution in [0.2, 0.25) is 0 Å². The van der Waals surface area contributed by atoms with E-state index in [-0.39, 0.29) is 23.6 Å². The second kappa shape index (κ2) is 6.19. The van der Waals surface area contributed by atoms with Gasteiger partial charge in [0.2, 0.25) is 0 Å². The molecule has 6 nitrogen and oxygen atoms in total. The summed E-state index contributed by atoms with van der Waals surface area (Å²) in [4.78, 5) is 12.3. The summed E-state index contributed by atoms with van der Waals surface area (Å²) in [5.41, 5.74) is 1.96. The molecule has 2 aromatic rings. The molecule has 0 spiro atoms. The van der Waals surface area contributed by atoms with E-state index in [1.165, 1.54) is 0 Å². The lowest BCUT2D eigenvalue weighted by Gasteiger charge is -2.54. The minimum absolute atomic E-state index is 0.00327. The first-order valence-corrected chi connectivity index (χ1v) is 8.80. The number of benzene rings is 1. The summed E-state index contributed by atoms with van der Waals surface area (Å²) >= 11 is 0. The molecule has 1 saturated heterocycles. The molecule has 2 amide bonds. The van der Waals surface area contributed by atoms with Gasteiger partial charge in [0.15, 0.2) is 0 Å². The first-order chi connectivity index (χ1) is 12.1. The van der Waals surface area contributed by atoms with Gasteiger partial charge in [-0.3, -0.25) is 0 Å². The Morgan fingerprint density at radius 3 is 2.96 bits per heavy atom. The molecule has 2 N–H and O–H groups in total. The maximum absolute atomic E-state index is 12.3. The van der Waals surface area contributed by atoms with E-state index in [1.807, 2.05) is 41.2 Å². The van der Waals surface area contributed by atoms with Gasteiger partial charge < -0.3 is 15.4 Å². The van der Waals surface area contributed by atoms with Crippen molar-refractivity contribution < 1.29 is 9.53 Å². The zero-order chi connectivity index (χ0) is 17.4. The fourth-order valence-electron chi connectivity index (χ4n) is 4.17. The van der Waals surface area contributed by atoms with Crippen LogP contribution in [-0.2, 0) is 11.3 Å². The maximum atomic E-state index is 12.3. The Morgan fingerprint density at radius 2 is 2.16 bits per heavy atom. The number of hydrogen-bond acceptors (Lipinski definition) is 3. The molecule has 132 valence electrons. The highest BCUT2D eigenvalue weighted by Crippen LogP contribution is 2.52. The quantitative estimate of drug-likeness (QED) is 0.898. The predicted octanol–water partition coefficient (Wildman–Crippen LogP) is 2.49. The summed E-state index contributed by atoms with van der Waals surface area (Å²) in [6, 6.07) is 9.96. The van der Waals surface area contributed by atoms with Crippen LogP contribution < -0.4 is 10.6 Å². The van der Waals surface area contributed by atoms with E-state index in [2.05, 4.69) is 29.6 Å². The van der Waals surface area contributed by atoms with Crippen LogP contribution in [-0.4, -0.2) is 34.6 Å². The number of ether oxygens (including phenoxy) is 1. The van der Waals surface area contributed by atoms with E-state index >= 15 is 0 Å². The Bertz CT molecular complexity index is 756. The van der Waals surface area contributed by atoms with Crippen molar-refractivity contribution in [2.24, 2.45) is 11.3 Å². The Kier molecular flexibility index (Phi) is 4.00. The number of rotatable bonds is 4. The Morgan fingerprint density at radius 1 is 1.36 bits per heavy atom. The molecule has 6 heteroatoms. The zero-order valence-corrected chi connectivity index (χ0v) is 14.6. The fraction of sp³-hybridized carbons (Fsp3) is 0.474. The average Bonchev–Trinajstić information content (AvgIpc) is 3.27. The molecule has 1 aromatic carbocycles. The van der Waals surface area contributed by atoms with E-state index in [0.29, 0.717) is 12.5 Å². The van der Waals surface area contributed by atoms with Gasteiger partial charge in [-0.1, -0.05) is 32.0 Å². The average molecular weight is 340 g/mol. The number of carbonyl (C=O) groups is 1. The number of amides is 2. The van der Waals surface area contributed by atoms with Crippen LogP contribution in [0.15, 0.2) is 42.7 Å². The van der Waals surface area contributed by atoms with Crippen molar-refractivity contribution >= 4 is 6.03 Å². The van der Waals surface area contributed by atoms with E-state index in [1.54, 1.807) is 6.20 Å². The number of fused-ring (bicyclic) bond motifs is 1. The van der Waals surface area contributed by atoms with Crippen molar-refractivity contribution in [1.82, 2.24) is 20.4 Å². The fourth-order valence-corrected chi connectivity index (χ4v) is 4.17. The lowest BCUT2D eigenvalue weighted by atomic mass is 9.57. The number of para-hydroxylation sites is 1. The first-order valence-electron chi connectivity index (χ1n) is 8.80. The molecular weight excluding hydrogens is 316 g/mol. The molecule has 2 fully saturated rings. The van der Waals surface area contributed by atoms with Gasteiger partial charge in [0.25, 0.3) is 0 Å². The minimum Gasteiger partial charge on any atom is -0.377 e. The molecule has 2 aliphatic rings. The summed E-state index contributed by atoms with van der Waals surface area (Å²) in [6.07, 6.45) is 5.02. The molecule has 0 bridgehead atoms. The second-order valence-electron chi connectivity index (χ2n) is 7.50. The smallest absolute Gasteiger partial charge is 0.315 e. The SMILES string of the molecule is CC1(C)[C@H](NC(=O)NCc2cnn(-c3ccccc3)c2)[C@H]2CCO[C@H]21. The third-order valence-corrected chi connectivity index (χ3v) is 5.50. The van der Waals surface area contributed by atoms with E-state index in [9.17, 15) is 4.79 Å². The molecule has 2 heterocycles. The van der Waals surface area contributed by atoms with Gasteiger partial charge in [-0.2, -0.15) is 5.10 Å². The van der Waals surface area contributed by atoms with Crippen LogP contribution in [0.3, 0.4) is 0 Å². The van der Waals surface area contributed by atoms with Crippen LogP contribution in [0.4, 0.5) is 4.79 Å². The van der Waals surface area contributed by atoms with Crippen LogP contribution in [0.1, 0.15) is 25.8 Å². The monoisotopic (exact) mass is 340 g/mol. The molecular formula is C19H24N4O2. The normalized spacial score (nSPS) is 26.6. The van der Waals surface area contributed by atoms with Gasteiger partial charge in [-0.05, 0) is 18.6 Å². The van der Waals surface area contributed by atoms with Crippen LogP contribution in [0, 0.1) is 11.3 Å². The maximum Gasteiger partial charge on any atom is 0.315 e. The highest BCUT2D eigenvalue weighted by atomic mass is 16.5. The molecule has 1 aliphatic heterocycles. The van der Waals surface area contributed by atoms with Crippen molar-refractivity contribution in [1.29, 1.82) is 0 Å². The zero-order valence-electron chi connectivity index (χ0n) is 14.6. The Hall–Kier alpha value is -2.34. The molecule has 1 saturated carbocycles. The van der Waals surface area contributed by atoms with Crippen molar-refractivity contribution in [2.45, 2.75) is 39.0 Å². The van der Waals surface area contributed by atoms with Crippen LogP contribution in [0.5, 0.6) is 0 Å². The molecule has 1 aromatic heterocycles. The molecule has 4 rings (SSSR count). The summed E-state index contributed by atoms with van der Waals surface area (Å²) < 4.78 is 7.58. The van der Waals surface area contributed by atoms with Crippen LogP contribution in [0.25, 0.3) is 5.69 Å². The Balaban J connectivity index is 1.32. The first kappa shape index (κ1) is 16.1. The van der Waals surface area contributed by atoms with Gasteiger partial charge in [0, 0.05) is 42.3 Å². The van der Waals surface area contributed by atoms with Gasteiger partial charge >= 0.3 is 6.03 Å². The largest absolute Gasteiger partial charge is 0.377 e. The summed E-state index contributed by atoms with van der Waals surface area (Å²) in [5.74, 6) is 0.446. The second-order valence-corrected chi connectivity index (χ2v) is 7.50.